The second-order valence-electron chi connectivity index (χ2n) is 2.99. The van der Waals surface area contributed by atoms with Crippen LogP contribution in [0.1, 0.15) is 13.3 Å². The van der Waals surface area contributed by atoms with Gasteiger partial charge in [-0.1, -0.05) is 67.8 Å². The maximum atomic E-state index is 3.75. The molecule has 0 aromatic rings. The van der Waals surface area contributed by atoms with Gasteiger partial charge in [0.2, 0.25) is 0 Å². The molecule has 0 saturated carbocycles. The first-order valence-corrected chi connectivity index (χ1v) is 4.63. The topological polar surface area (TPSA) is 0 Å². The Labute approximate surface area is 87.3 Å². The fraction of sp³-hybridized carbons (Fsp3) is 0.143. The molecular weight excluding hydrogens is 168 g/mol. The van der Waals surface area contributed by atoms with E-state index in [1.807, 2.05) is 24.3 Å². The predicted molar refractivity (Wildman–Crippen MR) is 66.2 cm³/mol. The van der Waals surface area contributed by atoms with E-state index in [4.69, 9.17) is 0 Å². The van der Waals surface area contributed by atoms with Crippen LogP contribution in [-0.2, 0) is 0 Å². The van der Waals surface area contributed by atoms with E-state index in [9.17, 15) is 0 Å². The van der Waals surface area contributed by atoms with Crippen LogP contribution in [0.15, 0.2) is 73.4 Å². The lowest BCUT2D eigenvalue weighted by molar-refractivity contribution is 1.15. The van der Waals surface area contributed by atoms with Gasteiger partial charge >= 0.3 is 0 Å². The van der Waals surface area contributed by atoms with Gasteiger partial charge < -0.3 is 0 Å². The van der Waals surface area contributed by atoms with E-state index < -0.39 is 0 Å². The van der Waals surface area contributed by atoms with Crippen LogP contribution in [-0.4, -0.2) is 0 Å². The molecule has 0 heteroatoms. The molecule has 0 nitrogen and oxygen atoms in total. The van der Waals surface area contributed by atoms with Gasteiger partial charge in [-0.25, -0.2) is 0 Å². The van der Waals surface area contributed by atoms with Crippen molar-refractivity contribution in [2.75, 3.05) is 0 Å². The maximum Gasteiger partial charge on any atom is -0.00670 e. The van der Waals surface area contributed by atoms with E-state index in [0.29, 0.717) is 0 Å². The largest absolute Gasteiger partial charge is 0.0991 e. The third-order valence-electron chi connectivity index (χ3n) is 1.71. The minimum atomic E-state index is 0.914. The summed E-state index contributed by atoms with van der Waals surface area (Å²) in [5.74, 6) is 0. The van der Waals surface area contributed by atoms with Crippen molar-refractivity contribution in [2.45, 2.75) is 13.3 Å². The molecule has 0 aliphatic carbocycles. The molecule has 0 aromatic heterocycles. The summed E-state index contributed by atoms with van der Waals surface area (Å²) >= 11 is 0. The Balaban J connectivity index is 4.35. The van der Waals surface area contributed by atoms with Crippen molar-refractivity contribution in [1.82, 2.24) is 0 Å². The van der Waals surface area contributed by atoms with E-state index in [-0.39, 0.29) is 0 Å². The molecule has 0 spiro atoms. The van der Waals surface area contributed by atoms with Crippen molar-refractivity contribution in [2.24, 2.45) is 0 Å². The molecule has 0 saturated heterocycles. The zero-order valence-electron chi connectivity index (χ0n) is 8.87. The molecule has 14 heavy (non-hydrogen) atoms. The zero-order chi connectivity index (χ0) is 10.8. The minimum absolute atomic E-state index is 0.914. The first-order chi connectivity index (χ1) is 6.74. The van der Waals surface area contributed by atoms with Crippen molar-refractivity contribution in [3.05, 3.63) is 73.4 Å². The van der Waals surface area contributed by atoms with Crippen molar-refractivity contribution < 1.29 is 0 Å². The number of hydrogen-bond donors (Lipinski definition) is 0. The third-order valence-corrected chi connectivity index (χ3v) is 1.71. The predicted octanol–water partition coefficient (Wildman–Crippen LogP) is 4.36. The Morgan fingerprint density at radius 3 is 2.21 bits per heavy atom. The van der Waals surface area contributed by atoms with Crippen LogP contribution in [0.25, 0.3) is 0 Å². The number of rotatable bonds is 6. The van der Waals surface area contributed by atoms with Crippen LogP contribution >= 0.6 is 0 Å². The molecule has 0 aliphatic rings. The summed E-state index contributed by atoms with van der Waals surface area (Å²) in [7, 11) is 0. The van der Waals surface area contributed by atoms with Gasteiger partial charge in [-0.2, -0.15) is 0 Å². The summed E-state index contributed by atoms with van der Waals surface area (Å²) < 4.78 is 0. The summed E-state index contributed by atoms with van der Waals surface area (Å²) in [5.41, 5.74) is 2.47. The second kappa shape index (κ2) is 8.06. The normalized spacial score (nSPS) is 12.9. The third kappa shape index (κ3) is 6.01. The van der Waals surface area contributed by atoms with E-state index >= 15 is 0 Å². The van der Waals surface area contributed by atoms with Crippen molar-refractivity contribution in [3.8, 4) is 0 Å². The number of hydrogen-bond acceptors (Lipinski definition) is 0. The van der Waals surface area contributed by atoms with E-state index in [0.717, 1.165) is 6.42 Å². The minimum Gasteiger partial charge on any atom is -0.0991 e. The second-order valence-corrected chi connectivity index (χ2v) is 2.99. The first kappa shape index (κ1) is 12.4. The summed E-state index contributed by atoms with van der Waals surface area (Å²) in [6.07, 6.45) is 14.3. The average Bonchev–Trinajstić information content (AvgIpc) is 2.17. The van der Waals surface area contributed by atoms with E-state index in [1.165, 1.54) is 11.1 Å². The van der Waals surface area contributed by atoms with Gasteiger partial charge in [-0.3, -0.25) is 0 Å². The lowest BCUT2D eigenvalue weighted by Crippen LogP contribution is -1.80. The summed E-state index contributed by atoms with van der Waals surface area (Å²) in [6, 6.07) is 0. The van der Waals surface area contributed by atoms with Gasteiger partial charge in [0, 0.05) is 0 Å². The molecule has 0 atom stereocenters. The van der Waals surface area contributed by atoms with Gasteiger partial charge in [0.15, 0.2) is 0 Å². The molecule has 74 valence electrons. The SMILES string of the molecule is C=C/C=C\C=C(/C)C/C(C=C)=C/C=C. The van der Waals surface area contributed by atoms with Crippen LogP contribution in [0.3, 0.4) is 0 Å². The fourth-order valence-electron chi connectivity index (χ4n) is 1.03. The lowest BCUT2D eigenvalue weighted by Gasteiger charge is -2.00. The Bertz CT molecular complexity index is 285. The van der Waals surface area contributed by atoms with Crippen LogP contribution in [0, 0.1) is 0 Å². The summed E-state index contributed by atoms with van der Waals surface area (Å²) in [4.78, 5) is 0. The average molecular weight is 186 g/mol. The van der Waals surface area contributed by atoms with Gasteiger partial charge in [-0.15, -0.1) is 0 Å². The Kier molecular flexibility index (Phi) is 7.16. The van der Waals surface area contributed by atoms with Crippen molar-refractivity contribution >= 4 is 0 Å². The van der Waals surface area contributed by atoms with E-state index in [1.54, 1.807) is 12.2 Å². The van der Waals surface area contributed by atoms with Crippen LogP contribution < -0.4 is 0 Å². The highest BCUT2D eigenvalue weighted by atomic mass is 14.0. The Morgan fingerprint density at radius 1 is 1.00 bits per heavy atom. The quantitative estimate of drug-likeness (QED) is 0.540. The number of allylic oxidation sites excluding steroid dienone is 9. The standard InChI is InChI=1S/C14H18/c1-5-8-9-11-13(4)12-14(7-3)10-6-2/h5-11H,1-3,12H2,4H3/b9-8-,13-11+,14-10+. The summed E-state index contributed by atoms with van der Waals surface area (Å²) in [6.45, 7) is 13.1. The van der Waals surface area contributed by atoms with Gasteiger partial charge in [0.1, 0.15) is 0 Å². The first-order valence-electron chi connectivity index (χ1n) is 4.63. The zero-order valence-corrected chi connectivity index (χ0v) is 8.87. The molecule has 0 radical (unpaired) electrons. The molecule has 0 bridgehead atoms. The van der Waals surface area contributed by atoms with Gasteiger partial charge in [0.05, 0.1) is 0 Å². The van der Waals surface area contributed by atoms with Crippen LogP contribution in [0.5, 0.6) is 0 Å². The van der Waals surface area contributed by atoms with Crippen molar-refractivity contribution in [1.29, 1.82) is 0 Å². The van der Waals surface area contributed by atoms with Gasteiger partial charge in [0.25, 0.3) is 0 Å². The Morgan fingerprint density at radius 2 is 1.71 bits per heavy atom. The highest BCUT2D eigenvalue weighted by molar-refractivity contribution is 5.28. The molecule has 0 aliphatic heterocycles. The monoisotopic (exact) mass is 186 g/mol. The molecular formula is C14H18. The van der Waals surface area contributed by atoms with Crippen LogP contribution in [0.4, 0.5) is 0 Å². The molecule has 0 N–H and O–H groups in total. The lowest BCUT2D eigenvalue weighted by atomic mass is 10.1. The molecule has 0 heterocycles. The smallest absolute Gasteiger partial charge is 0.00670 e. The highest BCUT2D eigenvalue weighted by Crippen LogP contribution is 2.11. The summed E-state index contributed by atoms with van der Waals surface area (Å²) in [5, 5.41) is 0. The van der Waals surface area contributed by atoms with E-state index in [2.05, 4.69) is 32.7 Å². The van der Waals surface area contributed by atoms with Crippen molar-refractivity contribution in [3.63, 3.8) is 0 Å². The Hall–Kier alpha value is -1.56. The highest BCUT2D eigenvalue weighted by Gasteiger charge is 1.91. The fourth-order valence-corrected chi connectivity index (χ4v) is 1.03. The maximum absolute atomic E-state index is 3.75. The molecule has 0 unspecified atom stereocenters. The molecule has 0 aromatic carbocycles. The molecule has 0 amide bonds. The molecule has 0 rings (SSSR count). The van der Waals surface area contributed by atoms with Gasteiger partial charge in [-0.05, 0) is 18.9 Å². The van der Waals surface area contributed by atoms with Crippen LogP contribution in [0.2, 0.25) is 0 Å². The molecule has 0 fully saturated rings.